The average Bonchev–Trinajstić information content (AvgIpc) is 2.33. The van der Waals surface area contributed by atoms with E-state index >= 15 is 0 Å². The molecule has 0 radical (unpaired) electrons. The first-order chi connectivity index (χ1) is 7.81. The van der Waals surface area contributed by atoms with Crippen molar-refractivity contribution in [3.63, 3.8) is 0 Å². The second kappa shape index (κ2) is 6.50. The van der Waals surface area contributed by atoms with Gasteiger partial charge in [-0.1, -0.05) is 29.9 Å². The smallest absolute Gasteiger partial charge is 0.120 e. The molecule has 84 valence electrons. The van der Waals surface area contributed by atoms with Crippen LogP contribution in [0.1, 0.15) is 11.6 Å². The molecule has 0 aliphatic carbocycles. The van der Waals surface area contributed by atoms with Gasteiger partial charge in [-0.15, -0.1) is 0 Å². The van der Waals surface area contributed by atoms with E-state index in [0.29, 0.717) is 12.4 Å². The summed E-state index contributed by atoms with van der Waals surface area (Å²) < 4.78 is 5.33. The first-order valence-corrected chi connectivity index (χ1v) is 4.80. The molecule has 1 N–H and O–H groups in total. The van der Waals surface area contributed by atoms with E-state index in [1.165, 1.54) is 0 Å². The van der Waals surface area contributed by atoms with Gasteiger partial charge in [0.15, 0.2) is 0 Å². The number of benzene rings is 1. The Balaban J connectivity index is 2.87. The lowest BCUT2D eigenvalue weighted by Crippen LogP contribution is -2.01. The summed E-state index contributed by atoms with van der Waals surface area (Å²) in [5.41, 5.74) is 9.07. The van der Waals surface area contributed by atoms with E-state index in [4.69, 9.17) is 15.4 Å². The molecular weight excluding hydrogens is 206 g/mol. The van der Waals surface area contributed by atoms with Crippen LogP contribution in [-0.2, 0) is 0 Å². The highest BCUT2D eigenvalue weighted by atomic mass is 16.5. The van der Waals surface area contributed by atoms with Crippen molar-refractivity contribution in [2.24, 2.45) is 5.11 Å². The van der Waals surface area contributed by atoms with Crippen LogP contribution in [0.5, 0.6) is 5.75 Å². The van der Waals surface area contributed by atoms with E-state index in [1.807, 2.05) is 0 Å². The summed E-state index contributed by atoms with van der Waals surface area (Å²) in [6.07, 6.45) is 1.64. The molecule has 0 saturated heterocycles. The normalized spacial score (nSPS) is 11.3. The lowest BCUT2D eigenvalue weighted by Gasteiger charge is -2.10. The molecule has 1 atom stereocenters. The summed E-state index contributed by atoms with van der Waals surface area (Å²) in [5.74, 6) is 0.656. The van der Waals surface area contributed by atoms with Gasteiger partial charge >= 0.3 is 0 Å². The lowest BCUT2D eigenvalue weighted by molar-refractivity contribution is 0.267. The summed E-state index contributed by atoms with van der Waals surface area (Å²) in [6.45, 7) is 3.73. The van der Waals surface area contributed by atoms with Crippen molar-refractivity contribution in [1.82, 2.24) is 0 Å². The van der Waals surface area contributed by atoms with Crippen molar-refractivity contribution in [3.8, 4) is 5.75 Å². The van der Waals surface area contributed by atoms with Gasteiger partial charge in [-0.3, -0.25) is 0 Å². The Hall–Kier alpha value is -1.97. The third-order valence-corrected chi connectivity index (χ3v) is 1.97. The fourth-order valence-corrected chi connectivity index (χ4v) is 1.24. The first kappa shape index (κ1) is 12.1. The number of aliphatic hydroxyl groups is 1. The van der Waals surface area contributed by atoms with Crippen molar-refractivity contribution in [2.75, 3.05) is 13.2 Å². The molecule has 0 saturated carbocycles. The Morgan fingerprint density at radius 3 is 3.06 bits per heavy atom. The lowest BCUT2D eigenvalue weighted by atomic mass is 10.1. The Kier molecular flexibility index (Phi) is 4.92. The van der Waals surface area contributed by atoms with Crippen LogP contribution in [0.25, 0.3) is 10.4 Å². The van der Waals surface area contributed by atoms with Crippen LogP contribution in [-0.4, -0.2) is 18.3 Å². The molecule has 0 spiro atoms. The van der Waals surface area contributed by atoms with E-state index < -0.39 is 6.04 Å². The summed E-state index contributed by atoms with van der Waals surface area (Å²) in [5, 5.41) is 12.5. The largest absolute Gasteiger partial charge is 0.490 e. The maximum atomic E-state index is 9.06. The molecule has 16 heavy (non-hydrogen) atoms. The van der Waals surface area contributed by atoms with Crippen LogP contribution in [0.15, 0.2) is 42.0 Å². The highest BCUT2D eigenvalue weighted by molar-refractivity contribution is 5.30. The summed E-state index contributed by atoms with van der Waals surface area (Å²) in [7, 11) is 0. The third kappa shape index (κ3) is 3.31. The van der Waals surface area contributed by atoms with Crippen molar-refractivity contribution in [1.29, 1.82) is 0 Å². The molecule has 1 aromatic carbocycles. The zero-order valence-corrected chi connectivity index (χ0v) is 8.78. The number of rotatable bonds is 6. The number of nitrogens with zero attached hydrogens (tertiary/aromatic N) is 3. The maximum absolute atomic E-state index is 9.06. The number of hydrogen-bond acceptors (Lipinski definition) is 3. The Morgan fingerprint density at radius 1 is 1.62 bits per heavy atom. The van der Waals surface area contributed by atoms with E-state index in [0.717, 1.165) is 5.56 Å². The molecule has 5 nitrogen and oxygen atoms in total. The van der Waals surface area contributed by atoms with Gasteiger partial charge < -0.3 is 9.84 Å². The van der Waals surface area contributed by atoms with Gasteiger partial charge in [-0.25, -0.2) is 0 Å². The van der Waals surface area contributed by atoms with Crippen molar-refractivity contribution in [3.05, 3.63) is 52.9 Å². The van der Waals surface area contributed by atoms with E-state index in [1.54, 1.807) is 30.3 Å². The van der Waals surface area contributed by atoms with Crippen molar-refractivity contribution < 1.29 is 9.84 Å². The molecule has 0 aromatic heterocycles. The number of azide groups is 1. The van der Waals surface area contributed by atoms with Gasteiger partial charge in [-0.05, 0) is 23.2 Å². The van der Waals surface area contributed by atoms with Crippen LogP contribution >= 0.6 is 0 Å². The Bertz CT molecular complexity index is 400. The van der Waals surface area contributed by atoms with Crippen LogP contribution in [0.2, 0.25) is 0 Å². The van der Waals surface area contributed by atoms with Crippen LogP contribution in [0, 0.1) is 0 Å². The molecule has 5 heteroatoms. The van der Waals surface area contributed by atoms with Gasteiger partial charge in [0.1, 0.15) is 12.4 Å². The fraction of sp³-hybridized carbons (Fsp3) is 0.273. The van der Waals surface area contributed by atoms with Crippen molar-refractivity contribution in [2.45, 2.75) is 6.04 Å². The zero-order chi connectivity index (χ0) is 11.8. The van der Waals surface area contributed by atoms with Crippen LogP contribution in [0.3, 0.4) is 0 Å². The molecule has 0 aliphatic heterocycles. The summed E-state index contributed by atoms with van der Waals surface area (Å²) >= 11 is 0. The SMILES string of the molecule is C=CCOc1cccc(C(CO)N=[N+]=[N-])c1. The molecule has 0 aliphatic rings. The maximum Gasteiger partial charge on any atom is 0.120 e. The van der Waals surface area contributed by atoms with Gasteiger partial charge in [0.25, 0.3) is 0 Å². The van der Waals surface area contributed by atoms with Gasteiger partial charge in [0.05, 0.1) is 12.6 Å². The first-order valence-electron chi connectivity index (χ1n) is 4.80. The zero-order valence-electron chi connectivity index (χ0n) is 8.78. The predicted octanol–water partition coefficient (Wildman–Crippen LogP) is 2.60. The minimum absolute atomic E-state index is 0.227. The van der Waals surface area contributed by atoms with Crippen LogP contribution in [0.4, 0.5) is 0 Å². The molecule has 1 aromatic rings. The van der Waals surface area contributed by atoms with Crippen molar-refractivity contribution >= 4 is 0 Å². The molecule has 1 rings (SSSR count). The van der Waals surface area contributed by atoms with Gasteiger partial charge in [-0.2, -0.15) is 0 Å². The van der Waals surface area contributed by atoms with Crippen LogP contribution < -0.4 is 4.74 Å². The molecule has 0 fully saturated rings. The minimum Gasteiger partial charge on any atom is -0.490 e. The van der Waals surface area contributed by atoms with E-state index in [-0.39, 0.29) is 6.61 Å². The quantitative estimate of drug-likeness (QED) is 0.345. The monoisotopic (exact) mass is 219 g/mol. The predicted molar refractivity (Wildman–Crippen MR) is 61.1 cm³/mol. The highest BCUT2D eigenvalue weighted by Gasteiger charge is 2.08. The average molecular weight is 219 g/mol. The number of hydrogen-bond donors (Lipinski definition) is 1. The molecular formula is C11H13N3O2. The van der Waals surface area contributed by atoms with E-state index in [9.17, 15) is 0 Å². The topological polar surface area (TPSA) is 78.2 Å². The summed E-state index contributed by atoms with van der Waals surface area (Å²) in [4.78, 5) is 2.68. The molecule has 0 amide bonds. The number of ether oxygens (including phenoxy) is 1. The minimum atomic E-state index is -0.572. The van der Waals surface area contributed by atoms with E-state index in [2.05, 4.69) is 16.6 Å². The number of aliphatic hydroxyl groups excluding tert-OH is 1. The third-order valence-electron chi connectivity index (χ3n) is 1.97. The summed E-state index contributed by atoms with van der Waals surface area (Å²) in [6, 6.07) is 6.51. The highest BCUT2D eigenvalue weighted by Crippen LogP contribution is 2.21. The standard InChI is InChI=1S/C11H13N3O2/c1-2-6-16-10-5-3-4-9(7-10)11(8-15)13-14-12/h2-5,7,11,15H,1,6,8H2. The fourth-order valence-electron chi connectivity index (χ4n) is 1.24. The molecule has 0 bridgehead atoms. The molecule has 0 heterocycles. The Labute approximate surface area is 93.6 Å². The second-order valence-corrected chi connectivity index (χ2v) is 3.08. The van der Waals surface area contributed by atoms with Gasteiger partial charge in [0, 0.05) is 4.91 Å². The van der Waals surface area contributed by atoms with Gasteiger partial charge in [0.2, 0.25) is 0 Å². The Morgan fingerprint density at radius 2 is 2.44 bits per heavy atom. The molecule has 1 unspecified atom stereocenters. The second-order valence-electron chi connectivity index (χ2n) is 3.08.